The van der Waals surface area contributed by atoms with Gasteiger partial charge in [-0.05, 0) is 49.2 Å². The number of aliphatic hydroxyl groups excluding tert-OH is 1. The number of hydrogen-bond acceptors (Lipinski definition) is 8. The second-order valence-electron chi connectivity index (χ2n) is 8.91. The Morgan fingerprint density at radius 3 is 2.45 bits per heavy atom. The number of methoxy groups -OCH3 is 3. The summed E-state index contributed by atoms with van der Waals surface area (Å²) in [5.74, 6) is -0.682. The average Bonchev–Trinajstić information content (AvgIpc) is 3.46. The molecule has 5 rings (SSSR count). The van der Waals surface area contributed by atoms with Gasteiger partial charge in [-0.15, -0.1) is 0 Å². The number of ketones is 1. The summed E-state index contributed by atoms with van der Waals surface area (Å²) in [4.78, 5) is 33.3. The maximum absolute atomic E-state index is 13.6. The Hall–Kier alpha value is -4.37. The Labute approximate surface area is 223 Å². The second kappa shape index (κ2) is 9.83. The summed E-state index contributed by atoms with van der Waals surface area (Å²) in [5.41, 5.74) is 3.51. The number of aliphatic hydroxyl groups is 1. The number of para-hydroxylation sites is 1. The molecule has 1 saturated heterocycles. The lowest BCUT2D eigenvalue weighted by Gasteiger charge is -2.25. The van der Waals surface area contributed by atoms with Gasteiger partial charge >= 0.3 is 5.91 Å². The first-order chi connectivity index (χ1) is 18.3. The van der Waals surface area contributed by atoms with Crippen molar-refractivity contribution in [3.8, 4) is 17.2 Å². The lowest BCUT2D eigenvalue weighted by atomic mass is 9.94. The van der Waals surface area contributed by atoms with Crippen LogP contribution >= 0.6 is 11.3 Å². The zero-order chi connectivity index (χ0) is 27.1. The number of carbonyl (C=O) groups is 2. The summed E-state index contributed by atoms with van der Waals surface area (Å²) in [6, 6.07) is 14.9. The molecule has 1 aliphatic rings. The fourth-order valence-corrected chi connectivity index (χ4v) is 6.01. The first-order valence-electron chi connectivity index (χ1n) is 11.8. The van der Waals surface area contributed by atoms with Crippen molar-refractivity contribution >= 4 is 44.1 Å². The molecule has 1 aliphatic heterocycles. The van der Waals surface area contributed by atoms with Crippen LogP contribution in [0, 0.1) is 13.8 Å². The van der Waals surface area contributed by atoms with Crippen molar-refractivity contribution in [2.24, 2.45) is 0 Å². The third-order valence-electron chi connectivity index (χ3n) is 6.54. The van der Waals surface area contributed by atoms with Crippen LogP contribution < -0.4 is 19.1 Å². The van der Waals surface area contributed by atoms with Gasteiger partial charge in [0.15, 0.2) is 16.6 Å². The van der Waals surface area contributed by atoms with Gasteiger partial charge in [0.1, 0.15) is 17.6 Å². The maximum atomic E-state index is 13.6. The van der Waals surface area contributed by atoms with E-state index in [0.29, 0.717) is 33.5 Å². The van der Waals surface area contributed by atoms with E-state index in [-0.39, 0.29) is 11.3 Å². The maximum Gasteiger partial charge on any atom is 0.301 e. The minimum atomic E-state index is -1.02. The van der Waals surface area contributed by atoms with Crippen molar-refractivity contribution in [3.05, 3.63) is 82.4 Å². The van der Waals surface area contributed by atoms with E-state index < -0.39 is 17.7 Å². The van der Waals surface area contributed by atoms with Crippen molar-refractivity contribution in [2.75, 3.05) is 26.2 Å². The zero-order valence-electron chi connectivity index (χ0n) is 21.6. The fraction of sp³-hybridized carbons (Fsp3) is 0.207. The van der Waals surface area contributed by atoms with Gasteiger partial charge in [0.05, 0.1) is 37.1 Å². The molecule has 1 aromatic heterocycles. The van der Waals surface area contributed by atoms with Crippen LogP contribution in [0.4, 0.5) is 5.13 Å². The summed E-state index contributed by atoms with van der Waals surface area (Å²) in [7, 11) is 4.50. The molecule has 1 atom stereocenters. The second-order valence-corrected chi connectivity index (χ2v) is 9.92. The highest BCUT2D eigenvalue weighted by atomic mass is 32.1. The number of benzene rings is 3. The Morgan fingerprint density at radius 2 is 1.74 bits per heavy atom. The van der Waals surface area contributed by atoms with Crippen LogP contribution in [0.3, 0.4) is 0 Å². The molecule has 9 heteroatoms. The van der Waals surface area contributed by atoms with Gasteiger partial charge in [-0.25, -0.2) is 4.98 Å². The van der Waals surface area contributed by atoms with Crippen LogP contribution in [0.5, 0.6) is 17.2 Å². The normalized spacial score (nSPS) is 16.8. The van der Waals surface area contributed by atoms with Gasteiger partial charge in [-0.1, -0.05) is 41.7 Å². The number of carbonyl (C=O) groups excluding carboxylic acids is 2. The number of thiazole rings is 1. The van der Waals surface area contributed by atoms with Crippen LogP contribution in [0.1, 0.15) is 28.3 Å². The highest BCUT2D eigenvalue weighted by Crippen LogP contribution is 2.48. The number of ether oxygens (including phenoxy) is 3. The van der Waals surface area contributed by atoms with Crippen LogP contribution in [-0.2, 0) is 9.59 Å². The molecule has 1 amide bonds. The Kier molecular flexibility index (Phi) is 6.54. The highest BCUT2D eigenvalue weighted by Gasteiger charge is 2.49. The number of amides is 1. The lowest BCUT2D eigenvalue weighted by molar-refractivity contribution is -0.132. The molecule has 38 heavy (non-hydrogen) atoms. The number of fused-ring (bicyclic) bond motifs is 1. The molecule has 0 spiro atoms. The van der Waals surface area contributed by atoms with Crippen LogP contribution in [-0.4, -0.2) is 43.1 Å². The quantitative estimate of drug-likeness (QED) is 0.198. The summed E-state index contributed by atoms with van der Waals surface area (Å²) < 4.78 is 17.4. The number of aromatic nitrogens is 1. The molecule has 0 saturated carbocycles. The molecule has 194 valence electrons. The molecule has 1 fully saturated rings. The summed E-state index contributed by atoms with van der Waals surface area (Å²) >= 11 is 1.31. The van der Waals surface area contributed by atoms with Gasteiger partial charge in [-0.2, -0.15) is 0 Å². The van der Waals surface area contributed by atoms with Crippen molar-refractivity contribution < 1.29 is 28.9 Å². The average molecular weight is 531 g/mol. The number of rotatable bonds is 6. The number of nitrogens with zero attached hydrogens (tertiary/aromatic N) is 2. The van der Waals surface area contributed by atoms with Gasteiger partial charge in [0.25, 0.3) is 5.78 Å². The highest BCUT2D eigenvalue weighted by molar-refractivity contribution is 7.22. The topological polar surface area (TPSA) is 98.2 Å². The minimum Gasteiger partial charge on any atom is -0.507 e. The molecular weight excluding hydrogens is 504 g/mol. The third kappa shape index (κ3) is 4.05. The van der Waals surface area contributed by atoms with Crippen LogP contribution in [0.25, 0.3) is 16.0 Å². The summed E-state index contributed by atoms with van der Waals surface area (Å²) in [6.45, 7) is 3.95. The molecule has 8 nitrogen and oxygen atoms in total. The minimum absolute atomic E-state index is 0.0815. The summed E-state index contributed by atoms with van der Waals surface area (Å²) in [5, 5.41) is 11.8. The Bertz CT molecular complexity index is 1620. The molecule has 1 N–H and O–H groups in total. The third-order valence-corrected chi connectivity index (χ3v) is 7.54. The number of Topliss-reactive ketones (excluding diaryl/α,β-unsaturated/α-hetero) is 1. The molecule has 4 aromatic rings. The molecule has 2 heterocycles. The van der Waals surface area contributed by atoms with Gasteiger partial charge in [-0.3, -0.25) is 14.5 Å². The van der Waals surface area contributed by atoms with Crippen molar-refractivity contribution in [1.29, 1.82) is 0 Å². The van der Waals surface area contributed by atoms with Crippen molar-refractivity contribution in [1.82, 2.24) is 4.98 Å². The Morgan fingerprint density at radius 1 is 0.974 bits per heavy atom. The molecule has 0 radical (unpaired) electrons. The van der Waals surface area contributed by atoms with E-state index >= 15 is 0 Å². The first-order valence-corrected chi connectivity index (χ1v) is 12.6. The molecular formula is C29H26N2O6S. The van der Waals surface area contributed by atoms with Crippen molar-refractivity contribution in [3.63, 3.8) is 0 Å². The zero-order valence-corrected chi connectivity index (χ0v) is 22.4. The van der Waals surface area contributed by atoms with Crippen molar-refractivity contribution in [2.45, 2.75) is 19.9 Å². The van der Waals surface area contributed by atoms with E-state index in [1.54, 1.807) is 42.5 Å². The monoisotopic (exact) mass is 530 g/mol. The van der Waals surface area contributed by atoms with Gasteiger partial charge in [0.2, 0.25) is 0 Å². The largest absolute Gasteiger partial charge is 0.507 e. The van der Waals surface area contributed by atoms with E-state index in [2.05, 4.69) is 0 Å². The smallest absolute Gasteiger partial charge is 0.301 e. The van der Waals surface area contributed by atoms with E-state index in [1.165, 1.54) is 37.6 Å². The molecule has 3 aromatic carbocycles. The SMILES string of the molecule is COc1cccc(C(O)=C2C(=O)C(=O)N(c3nc4c(C)cc(C)cc4s3)[C@H]2c2cccc(OC)c2OC)c1. The number of hydrogen-bond donors (Lipinski definition) is 1. The number of anilines is 1. The Balaban J connectivity index is 1.80. The van der Waals surface area contributed by atoms with E-state index in [1.807, 2.05) is 26.0 Å². The fourth-order valence-electron chi connectivity index (χ4n) is 4.84. The molecule has 0 bridgehead atoms. The van der Waals surface area contributed by atoms with E-state index in [9.17, 15) is 14.7 Å². The van der Waals surface area contributed by atoms with Crippen LogP contribution in [0.2, 0.25) is 0 Å². The van der Waals surface area contributed by atoms with E-state index in [0.717, 1.165) is 21.3 Å². The predicted molar refractivity (Wildman–Crippen MR) is 146 cm³/mol. The standard InChI is InChI=1S/C29H26N2O6S/c1-15-12-16(2)23-21(13-15)38-29(30-23)31-24(19-10-7-11-20(36-4)27(19)37-5)22(26(33)28(31)34)25(32)17-8-6-9-18(14-17)35-3/h6-14,24,32H,1-5H3/t24-/m0/s1. The number of aryl methyl sites for hydroxylation is 2. The lowest BCUT2D eigenvalue weighted by Crippen LogP contribution is -2.29. The van der Waals surface area contributed by atoms with Crippen LogP contribution in [0.15, 0.2) is 60.2 Å². The molecule has 0 aliphatic carbocycles. The van der Waals surface area contributed by atoms with Gasteiger partial charge < -0.3 is 19.3 Å². The molecule has 0 unspecified atom stereocenters. The van der Waals surface area contributed by atoms with Gasteiger partial charge in [0, 0.05) is 11.1 Å². The predicted octanol–water partition coefficient (Wildman–Crippen LogP) is 5.57. The first kappa shape index (κ1) is 25.3. The summed E-state index contributed by atoms with van der Waals surface area (Å²) in [6.07, 6.45) is 0. The van der Waals surface area contributed by atoms with E-state index in [4.69, 9.17) is 19.2 Å².